The average molecular weight is 251 g/mol. The summed E-state index contributed by atoms with van der Waals surface area (Å²) in [5.74, 6) is 2.03. The number of Topliss-reactive ketones (excluding diaryl/α,β-unsaturated/α-hetero) is 1. The van der Waals surface area contributed by atoms with Gasteiger partial charge in [-0.05, 0) is 12.8 Å². The summed E-state index contributed by atoms with van der Waals surface area (Å²) < 4.78 is 5.17. The van der Waals surface area contributed by atoms with Crippen LogP contribution in [-0.4, -0.2) is 33.9 Å². The monoisotopic (exact) mass is 251 g/mol. The average Bonchev–Trinajstić information content (AvgIpc) is 2.80. The van der Waals surface area contributed by atoms with Crippen molar-refractivity contribution >= 4 is 5.78 Å². The topological polar surface area (TPSA) is 59.2 Å². The molecule has 1 unspecified atom stereocenters. The van der Waals surface area contributed by atoms with E-state index in [0.717, 1.165) is 38.2 Å². The van der Waals surface area contributed by atoms with Gasteiger partial charge in [0.1, 0.15) is 5.78 Å². The highest BCUT2D eigenvalue weighted by atomic mass is 16.5. The van der Waals surface area contributed by atoms with Crippen LogP contribution in [0.4, 0.5) is 0 Å². The van der Waals surface area contributed by atoms with Crippen molar-refractivity contribution in [3.8, 4) is 0 Å². The predicted molar refractivity (Wildman–Crippen MR) is 67.0 cm³/mol. The Morgan fingerprint density at radius 1 is 1.44 bits per heavy atom. The first kappa shape index (κ1) is 13.2. The fourth-order valence-corrected chi connectivity index (χ4v) is 2.35. The van der Waals surface area contributed by atoms with E-state index in [1.54, 1.807) is 0 Å². The van der Waals surface area contributed by atoms with Gasteiger partial charge in [0.2, 0.25) is 5.89 Å². The summed E-state index contributed by atoms with van der Waals surface area (Å²) in [6, 6.07) is 0. The first-order valence-corrected chi connectivity index (χ1v) is 6.79. The molecule has 1 aliphatic rings. The van der Waals surface area contributed by atoms with E-state index in [4.69, 9.17) is 4.52 Å². The summed E-state index contributed by atoms with van der Waals surface area (Å²) in [4.78, 5) is 18.2. The summed E-state index contributed by atoms with van der Waals surface area (Å²) in [6.45, 7) is 6.49. The maximum absolute atomic E-state index is 11.6. The number of hydrogen-bond donors (Lipinski definition) is 0. The SMILES string of the molecule is CCCc1nc(CN2CCC(=O)C(CC)C2)no1. The van der Waals surface area contributed by atoms with Gasteiger partial charge >= 0.3 is 0 Å². The van der Waals surface area contributed by atoms with Gasteiger partial charge in [0.15, 0.2) is 5.82 Å². The number of nitrogens with zero attached hydrogens (tertiary/aromatic N) is 3. The second kappa shape index (κ2) is 6.09. The van der Waals surface area contributed by atoms with E-state index < -0.39 is 0 Å². The van der Waals surface area contributed by atoms with Crippen molar-refractivity contribution < 1.29 is 9.32 Å². The van der Waals surface area contributed by atoms with E-state index in [-0.39, 0.29) is 5.92 Å². The largest absolute Gasteiger partial charge is 0.339 e. The Kier molecular flexibility index (Phi) is 4.47. The standard InChI is InChI=1S/C13H21N3O2/c1-3-5-13-14-12(15-18-13)9-16-7-6-11(17)10(4-2)8-16/h10H,3-9H2,1-2H3. The van der Waals surface area contributed by atoms with Crippen LogP contribution < -0.4 is 0 Å². The molecule has 5 nitrogen and oxygen atoms in total. The highest BCUT2D eigenvalue weighted by molar-refractivity contribution is 5.82. The lowest BCUT2D eigenvalue weighted by Gasteiger charge is -2.30. The van der Waals surface area contributed by atoms with Crippen molar-refractivity contribution in [2.75, 3.05) is 13.1 Å². The number of ketones is 1. The van der Waals surface area contributed by atoms with Crippen LogP contribution in [0.2, 0.25) is 0 Å². The fourth-order valence-electron chi connectivity index (χ4n) is 2.35. The zero-order valence-corrected chi connectivity index (χ0v) is 11.2. The van der Waals surface area contributed by atoms with E-state index in [1.165, 1.54) is 0 Å². The third kappa shape index (κ3) is 3.16. The lowest BCUT2D eigenvalue weighted by molar-refractivity contribution is -0.126. The molecule has 1 saturated heterocycles. The molecule has 0 bridgehead atoms. The van der Waals surface area contributed by atoms with Gasteiger partial charge in [0.25, 0.3) is 0 Å². The second-order valence-corrected chi connectivity index (χ2v) is 4.91. The summed E-state index contributed by atoms with van der Waals surface area (Å²) >= 11 is 0. The van der Waals surface area contributed by atoms with Crippen LogP contribution in [0.3, 0.4) is 0 Å². The van der Waals surface area contributed by atoms with Gasteiger partial charge in [-0.2, -0.15) is 4.98 Å². The van der Waals surface area contributed by atoms with Crippen LogP contribution in [0.15, 0.2) is 4.52 Å². The van der Waals surface area contributed by atoms with E-state index in [2.05, 4.69) is 28.9 Å². The number of rotatable bonds is 5. The lowest BCUT2D eigenvalue weighted by atomic mass is 9.94. The zero-order valence-electron chi connectivity index (χ0n) is 11.2. The minimum atomic E-state index is 0.181. The molecular formula is C13H21N3O2. The Morgan fingerprint density at radius 2 is 2.28 bits per heavy atom. The van der Waals surface area contributed by atoms with Gasteiger partial charge < -0.3 is 4.52 Å². The Balaban J connectivity index is 1.90. The maximum Gasteiger partial charge on any atom is 0.226 e. The van der Waals surface area contributed by atoms with Crippen molar-refractivity contribution in [3.63, 3.8) is 0 Å². The Morgan fingerprint density at radius 3 is 3.00 bits per heavy atom. The molecule has 2 rings (SSSR count). The molecule has 2 heterocycles. The molecular weight excluding hydrogens is 230 g/mol. The van der Waals surface area contributed by atoms with Gasteiger partial charge in [-0.25, -0.2) is 0 Å². The summed E-state index contributed by atoms with van der Waals surface area (Å²) in [6.07, 6.45) is 3.42. The molecule has 1 fully saturated rings. The molecule has 0 spiro atoms. The highest BCUT2D eigenvalue weighted by Gasteiger charge is 2.26. The number of carbonyl (C=O) groups excluding carboxylic acids is 1. The summed E-state index contributed by atoms with van der Waals surface area (Å²) in [7, 11) is 0. The molecule has 0 amide bonds. The van der Waals surface area contributed by atoms with E-state index in [9.17, 15) is 4.79 Å². The van der Waals surface area contributed by atoms with Crippen LogP contribution >= 0.6 is 0 Å². The van der Waals surface area contributed by atoms with Gasteiger partial charge in [0.05, 0.1) is 6.54 Å². The Hall–Kier alpha value is -1.23. The molecule has 5 heteroatoms. The Bertz CT molecular complexity index is 403. The molecule has 0 N–H and O–H groups in total. The van der Waals surface area contributed by atoms with Gasteiger partial charge in [-0.1, -0.05) is 19.0 Å². The maximum atomic E-state index is 11.6. The minimum absolute atomic E-state index is 0.181. The van der Waals surface area contributed by atoms with E-state index in [0.29, 0.717) is 24.6 Å². The number of aryl methyl sites for hydroxylation is 1. The van der Waals surface area contributed by atoms with Crippen molar-refractivity contribution in [2.45, 2.75) is 46.1 Å². The molecule has 100 valence electrons. The first-order valence-electron chi connectivity index (χ1n) is 6.79. The van der Waals surface area contributed by atoms with E-state index >= 15 is 0 Å². The third-order valence-corrected chi connectivity index (χ3v) is 3.44. The van der Waals surface area contributed by atoms with Gasteiger partial charge in [0, 0.05) is 31.8 Å². The van der Waals surface area contributed by atoms with Crippen LogP contribution in [0, 0.1) is 5.92 Å². The number of hydrogen-bond acceptors (Lipinski definition) is 5. The van der Waals surface area contributed by atoms with Gasteiger partial charge in [-0.3, -0.25) is 9.69 Å². The quantitative estimate of drug-likeness (QED) is 0.799. The van der Waals surface area contributed by atoms with Crippen molar-refractivity contribution in [1.82, 2.24) is 15.0 Å². The smallest absolute Gasteiger partial charge is 0.226 e. The first-order chi connectivity index (χ1) is 8.72. The minimum Gasteiger partial charge on any atom is -0.339 e. The fraction of sp³-hybridized carbons (Fsp3) is 0.769. The molecule has 0 saturated carbocycles. The van der Waals surface area contributed by atoms with E-state index in [1.807, 2.05) is 0 Å². The molecule has 1 aliphatic heterocycles. The van der Waals surface area contributed by atoms with Crippen LogP contribution in [-0.2, 0) is 17.8 Å². The second-order valence-electron chi connectivity index (χ2n) is 4.91. The molecule has 0 radical (unpaired) electrons. The zero-order chi connectivity index (χ0) is 13.0. The molecule has 0 aliphatic carbocycles. The normalized spacial score (nSPS) is 21.4. The molecule has 1 aromatic rings. The number of likely N-dealkylation sites (tertiary alicyclic amines) is 1. The van der Waals surface area contributed by atoms with Crippen LogP contribution in [0.1, 0.15) is 44.8 Å². The number of carbonyl (C=O) groups is 1. The molecule has 1 atom stereocenters. The Labute approximate surface area is 108 Å². The number of piperidine rings is 1. The summed E-state index contributed by atoms with van der Waals surface area (Å²) in [5.41, 5.74) is 0. The van der Waals surface area contributed by atoms with Crippen molar-refractivity contribution in [2.24, 2.45) is 5.92 Å². The van der Waals surface area contributed by atoms with Crippen LogP contribution in [0.5, 0.6) is 0 Å². The summed E-state index contributed by atoms with van der Waals surface area (Å²) in [5, 5.41) is 3.99. The third-order valence-electron chi connectivity index (χ3n) is 3.44. The predicted octanol–water partition coefficient (Wildman–Crippen LogP) is 1.82. The van der Waals surface area contributed by atoms with Crippen molar-refractivity contribution in [1.29, 1.82) is 0 Å². The highest BCUT2D eigenvalue weighted by Crippen LogP contribution is 2.17. The molecule has 1 aromatic heterocycles. The number of aromatic nitrogens is 2. The molecule has 0 aromatic carbocycles. The lowest BCUT2D eigenvalue weighted by Crippen LogP contribution is -2.40. The van der Waals surface area contributed by atoms with Crippen LogP contribution in [0.25, 0.3) is 0 Å². The van der Waals surface area contributed by atoms with Crippen molar-refractivity contribution in [3.05, 3.63) is 11.7 Å². The molecule has 18 heavy (non-hydrogen) atoms. The van der Waals surface area contributed by atoms with Gasteiger partial charge in [-0.15, -0.1) is 0 Å².